The molecule has 8 nitrogen and oxygen atoms in total. The predicted octanol–water partition coefficient (Wildman–Crippen LogP) is 3.45. The molecular formula is C15H19Br2N5O3. The molecule has 1 aromatic carbocycles. The maximum atomic E-state index is 11.6. The lowest BCUT2D eigenvalue weighted by atomic mass is 10.2. The molecule has 0 aliphatic carbocycles. The molecule has 1 aliphatic rings. The minimum absolute atomic E-state index is 0.0221. The molecule has 1 aliphatic heterocycles. The number of ether oxygens (including phenoxy) is 1. The number of hydrogen-bond acceptors (Lipinski definition) is 6. The van der Waals surface area contributed by atoms with E-state index in [4.69, 9.17) is 4.74 Å². The van der Waals surface area contributed by atoms with Crippen molar-refractivity contribution in [2.24, 2.45) is 0 Å². The van der Waals surface area contributed by atoms with Gasteiger partial charge in [-0.3, -0.25) is 10.1 Å². The first-order chi connectivity index (χ1) is 11.8. The van der Waals surface area contributed by atoms with Gasteiger partial charge in [0.15, 0.2) is 5.52 Å². The number of nitro benzene ring substituents is 1. The van der Waals surface area contributed by atoms with Gasteiger partial charge < -0.3 is 19.9 Å². The number of aromatic nitrogens is 2. The molecular weight excluding hydrogens is 458 g/mol. The Kier molecular flexibility index (Phi) is 5.33. The van der Waals surface area contributed by atoms with Gasteiger partial charge in [0.25, 0.3) is 0 Å². The summed E-state index contributed by atoms with van der Waals surface area (Å²) >= 11 is 6.69. The molecule has 0 saturated carbocycles. The summed E-state index contributed by atoms with van der Waals surface area (Å²) in [5, 5.41) is 18.2. The van der Waals surface area contributed by atoms with Crippen LogP contribution in [-0.2, 0) is 4.74 Å². The highest BCUT2D eigenvalue weighted by Crippen LogP contribution is 2.41. The van der Waals surface area contributed by atoms with Crippen LogP contribution in [0, 0.1) is 10.1 Å². The molecule has 0 bridgehead atoms. The first-order valence-corrected chi connectivity index (χ1v) is 9.48. The van der Waals surface area contributed by atoms with Gasteiger partial charge in [0.05, 0.1) is 22.6 Å². The van der Waals surface area contributed by atoms with Crippen molar-refractivity contribution in [1.29, 1.82) is 0 Å². The molecule has 136 valence electrons. The predicted molar refractivity (Wildman–Crippen MR) is 103 cm³/mol. The zero-order chi connectivity index (χ0) is 18.3. The molecule has 3 rings (SSSR count). The summed E-state index contributed by atoms with van der Waals surface area (Å²) in [5.41, 5.74) is 1.02. The molecule has 2 heterocycles. The number of nitro groups is 1. The second-order valence-electron chi connectivity index (χ2n) is 6.23. The normalized spacial score (nSPS) is 20.6. The van der Waals surface area contributed by atoms with E-state index in [1.54, 1.807) is 7.11 Å². The van der Waals surface area contributed by atoms with Crippen LogP contribution in [0.2, 0.25) is 0 Å². The van der Waals surface area contributed by atoms with Crippen molar-refractivity contribution < 1.29 is 9.66 Å². The minimum Gasteiger partial charge on any atom is -0.378 e. The maximum Gasteiger partial charge on any atom is 0.312 e. The lowest BCUT2D eigenvalue weighted by Gasteiger charge is -2.21. The van der Waals surface area contributed by atoms with Crippen LogP contribution in [0.5, 0.6) is 0 Å². The Bertz CT molecular complexity index is 823. The van der Waals surface area contributed by atoms with Gasteiger partial charge in [-0.1, -0.05) is 0 Å². The van der Waals surface area contributed by atoms with Crippen molar-refractivity contribution in [1.82, 2.24) is 14.9 Å². The van der Waals surface area contributed by atoms with Crippen LogP contribution < -0.4 is 10.6 Å². The van der Waals surface area contributed by atoms with Crippen molar-refractivity contribution in [3.8, 4) is 0 Å². The number of nitrogens with zero attached hydrogens (tertiary/aromatic N) is 3. The molecule has 1 aromatic heterocycles. The second-order valence-corrected chi connectivity index (χ2v) is 7.88. The van der Waals surface area contributed by atoms with Crippen molar-refractivity contribution in [3.05, 3.63) is 25.1 Å². The van der Waals surface area contributed by atoms with Crippen LogP contribution >= 0.6 is 31.9 Å². The number of nitrogens with one attached hydrogen (secondary N) is 2. The molecule has 0 amide bonds. The van der Waals surface area contributed by atoms with E-state index >= 15 is 0 Å². The quantitative estimate of drug-likeness (QED) is 0.507. The number of anilines is 1. The number of halogens is 2. The Labute approximate surface area is 161 Å². The van der Waals surface area contributed by atoms with Crippen LogP contribution in [0.25, 0.3) is 11.0 Å². The largest absolute Gasteiger partial charge is 0.378 e. The number of fused-ring (bicyclic) bond motifs is 1. The van der Waals surface area contributed by atoms with Gasteiger partial charge in [-0.15, -0.1) is 0 Å². The standard InChI is InChI=1S/C15H19Br2N5O3/c1-7(2)21-10-4-8(16)12(17)14(22(23)24)13(10)20-15(21)19-9-5-18-6-11(9)25-3/h4,7,9,11,18H,5-6H2,1-3H3,(H,19,20)/t9-,11-/m0/s1. The van der Waals surface area contributed by atoms with Gasteiger partial charge in [-0.2, -0.15) is 0 Å². The van der Waals surface area contributed by atoms with Gasteiger partial charge in [-0.25, -0.2) is 4.98 Å². The molecule has 0 unspecified atom stereocenters. The molecule has 2 aromatic rings. The molecule has 2 atom stereocenters. The number of rotatable bonds is 5. The van der Waals surface area contributed by atoms with E-state index in [9.17, 15) is 10.1 Å². The van der Waals surface area contributed by atoms with Gasteiger partial charge in [0.2, 0.25) is 5.95 Å². The highest BCUT2D eigenvalue weighted by Gasteiger charge is 2.31. The van der Waals surface area contributed by atoms with Crippen LogP contribution in [0.1, 0.15) is 19.9 Å². The minimum atomic E-state index is -0.409. The smallest absolute Gasteiger partial charge is 0.312 e. The van der Waals surface area contributed by atoms with Crippen molar-refractivity contribution >= 4 is 54.5 Å². The van der Waals surface area contributed by atoms with E-state index in [1.807, 2.05) is 24.5 Å². The third kappa shape index (κ3) is 3.27. The summed E-state index contributed by atoms with van der Waals surface area (Å²) in [4.78, 5) is 15.7. The van der Waals surface area contributed by atoms with Crippen LogP contribution in [0.4, 0.5) is 11.6 Å². The highest BCUT2D eigenvalue weighted by molar-refractivity contribution is 9.13. The lowest BCUT2D eigenvalue weighted by Crippen LogP contribution is -2.34. The maximum absolute atomic E-state index is 11.6. The molecule has 1 fully saturated rings. The number of benzene rings is 1. The molecule has 0 spiro atoms. The van der Waals surface area contributed by atoms with Crippen LogP contribution in [0.3, 0.4) is 0 Å². The monoisotopic (exact) mass is 475 g/mol. The van der Waals surface area contributed by atoms with E-state index < -0.39 is 4.92 Å². The molecule has 2 N–H and O–H groups in total. The fourth-order valence-electron chi connectivity index (χ4n) is 3.16. The van der Waals surface area contributed by atoms with Gasteiger partial charge in [0, 0.05) is 30.7 Å². The van der Waals surface area contributed by atoms with Crippen molar-refractivity contribution in [2.45, 2.75) is 32.0 Å². The Morgan fingerprint density at radius 3 is 2.80 bits per heavy atom. The highest BCUT2D eigenvalue weighted by atomic mass is 79.9. The summed E-state index contributed by atoms with van der Waals surface area (Å²) in [6.45, 7) is 5.55. The zero-order valence-electron chi connectivity index (χ0n) is 14.0. The molecule has 10 heteroatoms. The Balaban J connectivity index is 2.17. The van der Waals surface area contributed by atoms with Gasteiger partial charge in [-0.05, 0) is 51.8 Å². The number of hydrogen-bond donors (Lipinski definition) is 2. The van der Waals surface area contributed by atoms with Gasteiger partial charge >= 0.3 is 5.69 Å². The average molecular weight is 477 g/mol. The summed E-state index contributed by atoms with van der Waals surface area (Å²) in [5.74, 6) is 0.605. The van der Waals surface area contributed by atoms with Crippen molar-refractivity contribution in [2.75, 3.05) is 25.5 Å². The van der Waals surface area contributed by atoms with Crippen LogP contribution in [0.15, 0.2) is 15.0 Å². The van der Waals surface area contributed by atoms with Gasteiger partial charge in [0.1, 0.15) is 4.47 Å². The van der Waals surface area contributed by atoms with E-state index in [0.29, 0.717) is 25.9 Å². The Hall–Kier alpha value is -1.23. The first-order valence-electron chi connectivity index (χ1n) is 7.89. The van der Waals surface area contributed by atoms with E-state index in [1.165, 1.54) is 0 Å². The topological polar surface area (TPSA) is 94.2 Å². The summed E-state index contributed by atoms with van der Waals surface area (Å²) < 4.78 is 8.48. The molecule has 25 heavy (non-hydrogen) atoms. The Morgan fingerprint density at radius 1 is 1.48 bits per heavy atom. The lowest BCUT2D eigenvalue weighted by molar-refractivity contribution is -0.384. The fraction of sp³-hybridized carbons (Fsp3) is 0.533. The summed E-state index contributed by atoms with van der Waals surface area (Å²) in [7, 11) is 1.68. The third-order valence-corrected chi connectivity index (χ3v) is 6.29. The fourth-order valence-corrected chi connectivity index (χ4v) is 4.01. The number of imidazole rings is 1. The van der Waals surface area contributed by atoms with Crippen LogP contribution in [-0.4, -0.2) is 46.8 Å². The van der Waals surface area contributed by atoms with E-state index in [-0.39, 0.29) is 23.9 Å². The first kappa shape index (κ1) is 18.6. The van der Waals surface area contributed by atoms with Crippen molar-refractivity contribution in [3.63, 3.8) is 0 Å². The second kappa shape index (κ2) is 7.18. The summed E-state index contributed by atoms with van der Waals surface area (Å²) in [6.07, 6.45) is 0.0221. The molecule has 1 saturated heterocycles. The number of methoxy groups -OCH3 is 1. The zero-order valence-corrected chi connectivity index (χ0v) is 17.2. The Morgan fingerprint density at radius 2 is 2.20 bits per heavy atom. The SMILES string of the molecule is CO[C@H]1CNC[C@@H]1Nc1nc2c([N+](=O)[O-])c(Br)c(Br)cc2n1C(C)C. The van der Waals surface area contributed by atoms with E-state index in [0.717, 1.165) is 13.1 Å². The average Bonchev–Trinajstić information content (AvgIpc) is 3.12. The molecule has 0 radical (unpaired) electrons. The third-order valence-electron chi connectivity index (χ3n) is 4.33. The summed E-state index contributed by atoms with van der Waals surface area (Å²) in [6, 6.07) is 1.98. The van der Waals surface area contributed by atoms with E-state index in [2.05, 4.69) is 47.5 Å².